The predicted molar refractivity (Wildman–Crippen MR) is 94.2 cm³/mol. The Morgan fingerprint density at radius 1 is 1.22 bits per heavy atom. The third-order valence-electron chi connectivity index (χ3n) is 4.78. The van der Waals surface area contributed by atoms with Gasteiger partial charge in [-0.3, -0.25) is 14.5 Å². The Balaban J connectivity index is 2.40. The summed E-state index contributed by atoms with van der Waals surface area (Å²) in [6.45, 7) is 12.1. The minimum Gasteiger partial charge on any atom is -0.355 e. The zero-order valence-electron chi connectivity index (χ0n) is 15.7. The van der Waals surface area contributed by atoms with Gasteiger partial charge >= 0.3 is 0 Å². The van der Waals surface area contributed by atoms with E-state index in [1.165, 1.54) is 11.3 Å². The van der Waals surface area contributed by atoms with Crippen molar-refractivity contribution in [1.82, 2.24) is 15.1 Å². The van der Waals surface area contributed by atoms with Crippen LogP contribution in [0.2, 0.25) is 0 Å². The van der Waals surface area contributed by atoms with Gasteiger partial charge in [0.2, 0.25) is 11.8 Å². The van der Waals surface area contributed by atoms with Crippen LogP contribution < -0.4 is 5.32 Å². The molecule has 23 heavy (non-hydrogen) atoms. The van der Waals surface area contributed by atoms with Crippen LogP contribution in [0, 0.1) is 11.3 Å². The molecule has 0 radical (unpaired) electrons. The van der Waals surface area contributed by atoms with E-state index in [4.69, 9.17) is 0 Å². The van der Waals surface area contributed by atoms with Gasteiger partial charge in [-0.15, -0.1) is 0 Å². The molecule has 1 heterocycles. The van der Waals surface area contributed by atoms with Crippen LogP contribution in [-0.4, -0.2) is 61.4 Å². The van der Waals surface area contributed by atoms with Crippen LogP contribution in [0.3, 0.4) is 0 Å². The molecule has 0 aromatic carbocycles. The van der Waals surface area contributed by atoms with Gasteiger partial charge in [0, 0.05) is 13.6 Å². The largest absolute Gasteiger partial charge is 0.355 e. The maximum atomic E-state index is 12.3. The number of amides is 2. The van der Waals surface area contributed by atoms with Crippen LogP contribution in [0.1, 0.15) is 53.4 Å². The van der Waals surface area contributed by atoms with Crippen molar-refractivity contribution in [1.29, 1.82) is 0 Å². The topological polar surface area (TPSA) is 52.7 Å². The number of hydrogen-bond acceptors (Lipinski definition) is 3. The fourth-order valence-electron chi connectivity index (χ4n) is 3.12. The Kier molecular flexibility index (Phi) is 8.03. The highest BCUT2D eigenvalue weighted by molar-refractivity contribution is 5.85. The summed E-state index contributed by atoms with van der Waals surface area (Å²) in [5, 5.41) is 2.81. The van der Waals surface area contributed by atoms with Gasteiger partial charge in [0.05, 0.1) is 13.1 Å². The lowest BCUT2D eigenvalue weighted by molar-refractivity contribution is -0.135. The Morgan fingerprint density at radius 2 is 1.91 bits per heavy atom. The standard InChI is InChI=1S/C18H35N3O2/c1-6-10-19-16(22)13-20(5)17(23)14-21-11-7-8-15(9-12-21)18(2,3)4/h15H,6-14H2,1-5H3,(H,19,22). The van der Waals surface area contributed by atoms with Crippen molar-refractivity contribution in [2.24, 2.45) is 11.3 Å². The van der Waals surface area contributed by atoms with Crippen molar-refractivity contribution in [2.75, 3.05) is 39.8 Å². The first kappa shape index (κ1) is 19.9. The van der Waals surface area contributed by atoms with E-state index in [9.17, 15) is 9.59 Å². The summed E-state index contributed by atoms with van der Waals surface area (Å²) in [6, 6.07) is 0. The van der Waals surface area contributed by atoms with E-state index in [1.807, 2.05) is 6.92 Å². The van der Waals surface area contributed by atoms with Crippen molar-refractivity contribution in [3.8, 4) is 0 Å². The van der Waals surface area contributed by atoms with E-state index in [2.05, 4.69) is 31.0 Å². The highest BCUT2D eigenvalue weighted by Crippen LogP contribution is 2.34. The molecule has 5 heteroatoms. The number of carbonyl (C=O) groups is 2. The second kappa shape index (κ2) is 9.26. The summed E-state index contributed by atoms with van der Waals surface area (Å²) in [5.74, 6) is 0.678. The van der Waals surface area contributed by atoms with E-state index in [0.29, 0.717) is 18.5 Å². The number of rotatable bonds is 6. The lowest BCUT2D eigenvalue weighted by Gasteiger charge is -2.30. The molecule has 0 aliphatic carbocycles. The number of carbonyl (C=O) groups excluding carboxylic acids is 2. The first-order valence-corrected chi connectivity index (χ1v) is 8.97. The molecule has 0 aromatic rings. The SMILES string of the molecule is CCCNC(=O)CN(C)C(=O)CN1CCCC(C(C)(C)C)CC1. The van der Waals surface area contributed by atoms with Gasteiger partial charge in [0.1, 0.15) is 0 Å². The number of nitrogens with zero attached hydrogens (tertiary/aromatic N) is 2. The van der Waals surface area contributed by atoms with Gasteiger partial charge in [-0.05, 0) is 50.1 Å². The molecular formula is C18H35N3O2. The Bertz CT molecular complexity index is 390. The number of hydrogen-bond donors (Lipinski definition) is 1. The third-order valence-corrected chi connectivity index (χ3v) is 4.78. The molecule has 0 aromatic heterocycles. The predicted octanol–water partition coefficient (Wildman–Crippen LogP) is 2.12. The molecule has 134 valence electrons. The van der Waals surface area contributed by atoms with Crippen LogP contribution in [-0.2, 0) is 9.59 Å². The molecule has 2 amide bonds. The van der Waals surface area contributed by atoms with E-state index < -0.39 is 0 Å². The van der Waals surface area contributed by atoms with Crippen LogP contribution in [0.5, 0.6) is 0 Å². The van der Waals surface area contributed by atoms with Crippen molar-refractivity contribution < 1.29 is 9.59 Å². The second-order valence-electron chi connectivity index (χ2n) is 7.87. The average molecular weight is 325 g/mol. The van der Waals surface area contributed by atoms with Gasteiger partial charge in [0.15, 0.2) is 0 Å². The summed E-state index contributed by atoms with van der Waals surface area (Å²) < 4.78 is 0. The van der Waals surface area contributed by atoms with Crippen LogP contribution >= 0.6 is 0 Å². The zero-order valence-corrected chi connectivity index (χ0v) is 15.7. The molecule has 1 N–H and O–H groups in total. The van der Waals surface area contributed by atoms with Crippen molar-refractivity contribution in [3.63, 3.8) is 0 Å². The second-order valence-corrected chi connectivity index (χ2v) is 7.87. The molecule has 0 spiro atoms. The smallest absolute Gasteiger partial charge is 0.239 e. The Morgan fingerprint density at radius 3 is 2.52 bits per heavy atom. The minimum atomic E-state index is -0.0774. The maximum absolute atomic E-state index is 12.3. The zero-order chi connectivity index (χ0) is 17.5. The molecular weight excluding hydrogens is 290 g/mol. The summed E-state index contributed by atoms with van der Waals surface area (Å²) in [7, 11) is 1.71. The Hall–Kier alpha value is -1.10. The van der Waals surface area contributed by atoms with Gasteiger partial charge in [-0.1, -0.05) is 27.7 Å². The maximum Gasteiger partial charge on any atom is 0.239 e. The summed E-state index contributed by atoms with van der Waals surface area (Å²) in [6.07, 6.45) is 4.45. The molecule has 5 nitrogen and oxygen atoms in total. The Labute approximate surface area is 141 Å². The summed E-state index contributed by atoms with van der Waals surface area (Å²) in [5.41, 5.74) is 0.341. The summed E-state index contributed by atoms with van der Waals surface area (Å²) >= 11 is 0. The van der Waals surface area contributed by atoms with Gasteiger partial charge in [0.25, 0.3) is 0 Å². The average Bonchev–Trinajstić information content (AvgIpc) is 2.70. The highest BCUT2D eigenvalue weighted by atomic mass is 16.2. The number of likely N-dealkylation sites (N-methyl/N-ethyl adjacent to an activating group) is 1. The lowest BCUT2D eigenvalue weighted by atomic mass is 9.77. The summed E-state index contributed by atoms with van der Waals surface area (Å²) in [4.78, 5) is 27.8. The molecule has 0 bridgehead atoms. The fraction of sp³-hybridized carbons (Fsp3) is 0.889. The van der Waals surface area contributed by atoms with Crippen LogP contribution in [0.15, 0.2) is 0 Å². The number of nitrogens with one attached hydrogen (secondary N) is 1. The van der Waals surface area contributed by atoms with Gasteiger partial charge in [-0.25, -0.2) is 0 Å². The van der Waals surface area contributed by atoms with Crippen LogP contribution in [0.25, 0.3) is 0 Å². The molecule has 0 saturated carbocycles. The molecule has 1 fully saturated rings. The van der Waals surface area contributed by atoms with Gasteiger partial charge < -0.3 is 10.2 Å². The van der Waals surface area contributed by atoms with Crippen LogP contribution in [0.4, 0.5) is 0 Å². The lowest BCUT2D eigenvalue weighted by Crippen LogP contribution is -2.43. The van der Waals surface area contributed by atoms with Crippen molar-refractivity contribution >= 4 is 11.8 Å². The third kappa shape index (κ3) is 7.34. The van der Waals surface area contributed by atoms with Gasteiger partial charge in [-0.2, -0.15) is 0 Å². The molecule has 1 aliphatic rings. The van der Waals surface area contributed by atoms with Crippen molar-refractivity contribution in [2.45, 2.75) is 53.4 Å². The minimum absolute atomic E-state index is 0.0332. The first-order valence-electron chi connectivity index (χ1n) is 8.97. The molecule has 1 rings (SSSR count). The van der Waals surface area contributed by atoms with E-state index in [1.54, 1.807) is 7.05 Å². The molecule has 1 atom stereocenters. The molecule has 1 aliphatic heterocycles. The first-order chi connectivity index (χ1) is 10.7. The molecule has 1 unspecified atom stereocenters. The normalized spacial score (nSPS) is 20.0. The highest BCUT2D eigenvalue weighted by Gasteiger charge is 2.28. The fourth-order valence-corrected chi connectivity index (χ4v) is 3.12. The van der Waals surface area contributed by atoms with E-state index >= 15 is 0 Å². The monoisotopic (exact) mass is 325 g/mol. The van der Waals surface area contributed by atoms with E-state index in [-0.39, 0.29) is 18.4 Å². The van der Waals surface area contributed by atoms with E-state index in [0.717, 1.165) is 38.3 Å². The van der Waals surface area contributed by atoms with Crippen molar-refractivity contribution in [3.05, 3.63) is 0 Å². The number of likely N-dealkylation sites (tertiary alicyclic amines) is 1. The molecule has 1 saturated heterocycles. The quantitative estimate of drug-likeness (QED) is 0.814.